The number of aliphatic imine (C=N–C) groups is 1. The molecule has 2 aromatic carbocycles. The summed E-state index contributed by atoms with van der Waals surface area (Å²) in [5.74, 6) is -0.160. The molecule has 0 aromatic heterocycles. The minimum absolute atomic E-state index is 0.160. The molecule has 98 valence electrons. The Balaban J connectivity index is 1.87. The zero-order valence-electron chi connectivity index (χ0n) is 10.4. The fourth-order valence-electron chi connectivity index (χ4n) is 1.86. The summed E-state index contributed by atoms with van der Waals surface area (Å²) in [6.07, 6.45) is 1.90. The van der Waals surface area contributed by atoms with Gasteiger partial charge in [0.2, 0.25) is 0 Å². The quantitative estimate of drug-likeness (QED) is 0.563. The van der Waals surface area contributed by atoms with Crippen LogP contribution in [0.15, 0.2) is 64.5 Å². The van der Waals surface area contributed by atoms with Crippen molar-refractivity contribution in [2.45, 2.75) is 0 Å². The maximum atomic E-state index is 12.0. The second-order valence-electron chi connectivity index (χ2n) is 4.25. The Bertz CT molecular complexity index is 722. The van der Waals surface area contributed by atoms with E-state index in [1.54, 1.807) is 0 Å². The summed E-state index contributed by atoms with van der Waals surface area (Å²) in [6, 6.07) is 17.8. The monoisotopic (exact) mass is 391 g/mol. The summed E-state index contributed by atoms with van der Waals surface area (Å²) in [7, 11) is 0. The lowest BCUT2D eigenvalue weighted by molar-refractivity contribution is -0.113. The number of benzene rings is 2. The first-order valence-corrected chi connectivity index (χ1v) is 7.95. The molecule has 0 N–H and O–H groups in total. The summed E-state index contributed by atoms with van der Waals surface area (Å²) in [6.45, 7) is 0. The molecular formula is C16H10INOS. The summed E-state index contributed by atoms with van der Waals surface area (Å²) >= 11 is 3.69. The largest absolute Gasteiger partial charge is 0.284 e. The van der Waals surface area contributed by atoms with Crippen LogP contribution in [-0.2, 0) is 4.79 Å². The number of halogens is 1. The first kappa shape index (κ1) is 13.6. The van der Waals surface area contributed by atoms with Crippen molar-refractivity contribution in [1.29, 1.82) is 0 Å². The molecule has 1 aliphatic heterocycles. The molecular weight excluding hydrogens is 381 g/mol. The molecule has 4 heteroatoms. The normalized spacial score (nSPS) is 16.6. The smallest absolute Gasteiger partial charge is 0.266 e. The lowest BCUT2D eigenvalue weighted by atomic mass is 10.2. The summed E-state index contributed by atoms with van der Waals surface area (Å²) < 4.78 is 1.15. The molecule has 0 unspecified atom stereocenters. The predicted octanol–water partition coefficient (Wildman–Crippen LogP) is 4.35. The van der Waals surface area contributed by atoms with Gasteiger partial charge in [-0.2, -0.15) is 0 Å². The van der Waals surface area contributed by atoms with Crippen LogP contribution in [0.2, 0.25) is 0 Å². The Labute approximate surface area is 135 Å². The lowest BCUT2D eigenvalue weighted by Crippen LogP contribution is -1.89. The Kier molecular flexibility index (Phi) is 4.03. The lowest BCUT2D eigenvalue weighted by Gasteiger charge is -1.99. The highest BCUT2D eigenvalue weighted by molar-refractivity contribution is 14.1. The van der Waals surface area contributed by atoms with Crippen LogP contribution in [0.4, 0.5) is 0 Å². The average molecular weight is 391 g/mol. The fourth-order valence-corrected chi connectivity index (χ4v) is 3.35. The number of hydrogen-bond acceptors (Lipinski definition) is 2. The van der Waals surface area contributed by atoms with Gasteiger partial charge in [0, 0.05) is 9.13 Å². The number of thioether (sulfide) groups is 1. The highest BCUT2D eigenvalue weighted by Crippen LogP contribution is 2.31. The SMILES string of the molecule is O=C1N=C(c2ccccc2)S/C1=C/c1cccc(I)c1. The van der Waals surface area contributed by atoms with E-state index in [0.717, 1.165) is 19.7 Å². The van der Waals surface area contributed by atoms with E-state index in [-0.39, 0.29) is 5.91 Å². The number of nitrogens with zero attached hydrogens (tertiary/aromatic N) is 1. The predicted molar refractivity (Wildman–Crippen MR) is 92.7 cm³/mol. The molecule has 2 aromatic rings. The molecule has 0 spiro atoms. The second-order valence-corrected chi connectivity index (χ2v) is 6.53. The highest BCUT2D eigenvalue weighted by Gasteiger charge is 2.22. The number of hydrogen-bond donors (Lipinski definition) is 0. The van der Waals surface area contributed by atoms with Crippen LogP contribution in [0.3, 0.4) is 0 Å². The molecule has 0 fully saturated rings. The Morgan fingerprint density at radius 1 is 1.05 bits per heavy atom. The van der Waals surface area contributed by atoms with Crippen molar-refractivity contribution in [2.75, 3.05) is 0 Å². The third kappa shape index (κ3) is 3.02. The maximum absolute atomic E-state index is 12.0. The Morgan fingerprint density at radius 3 is 2.60 bits per heavy atom. The molecule has 0 radical (unpaired) electrons. The van der Waals surface area contributed by atoms with Crippen molar-refractivity contribution < 1.29 is 4.79 Å². The fraction of sp³-hybridized carbons (Fsp3) is 0. The minimum Gasteiger partial charge on any atom is -0.266 e. The van der Waals surface area contributed by atoms with E-state index in [4.69, 9.17) is 0 Å². The van der Waals surface area contributed by atoms with Crippen LogP contribution in [0.25, 0.3) is 6.08 Å². The first-order valence-electron chi connectivity index (χ1n) is 6.06. The molecule has 0 atom stereocenters. The van der Waals surface area contributed by atoms with Crippen molar-refractivity contribution in [2.24, 2.45) is 4.99 Å². The molecule has 3 rings (SSSR count). The number of rotatable bonds is 2. The number of carbonyl (C=O) groups excluding carboxylic acids is 1. The maximum Gasteiger partial charge on any atom is 0.284 e. The van der Waals surface area contributed by atoms with Gasteiger partial charge in [0.25, 0.3) is 5.91 Å². The van der Waals surface area contributed by atoms with Crippen LogP contribution in [0, 0.1) is 3.57 Å². The van der Waals surface area contributed by atoms with E-state index < -0.39 is 0 Å². The molecule has 1 aliphatic rings. The second kappa shape index (κ2) is 5.93. The van der Waals surface area contributed by atoms with Gasteiger partial charge in [-0.05, 0) is 46.4 Å². The van der Waals surface area contributed by atoms with E-state index in [1.807, 2.05) is 60.7 Å². The molecule has 20 heavy (non-hydrogen) atoms. The van der Waals surface area contributed by atoms with Crippen LogP contribution in [-0.4, -0.2) is 11.0 Å². The van der Waals surface area contributed by atoms with Crippen LogP contribution in [0.5, 0.6) is 0 Å². The topological polar surface area (TPSA) is 29.4 Å². The third-order valence-electron chi connectivity index (χ3n) is 2.79. The van der Waals surface area contributed by atoms with E-state index in [0.29, 0.717) is 4.91 Å². The van der Waals surface area contributed by atoms with Gasteiger partial charge in [-0.25, -0.2) is 4.99 Å². The van der Waals surface area contributed by atoms with E-state index in [2.05, 4.69) is 27.6 Å². The number of amides is 1. The van der Waals surface area contributed by atoms with Gasteiger partial charge in [0.1, 0.15) is 5.04 Å². The minimum atomic E-state index is -0.160. The highest BCUT2D eigenvalue weighted by atomic mass is 127. The summed E-state index contributed by atoms with van der Waals surface area (Å²) in [5.41, 5.74) is 2.01. The van der Waals surface area contributed by atoms with E-state index in [1.165, 1.54) is 11.8 Å². The van der Waals surface area contributed by atoms with Gasteiger partial charge < -0.3 is 0 Å². The molecule has 0 bridgehead atoms. The van der Waals surface area contributed by atoms with Gasteiger partial charge >= 0.3 is 0 Å². The molecule has 0 saturated heterocycles. The Morgan fingerprint density at radius 2 is 1.85 bits per heavy atom. The molecule has 1 amide bonds. The average Bonchev–Trinajstić information content (AvgIpc) is 2.81. The summed E-state index contributed by atoms with van der Waals surface area (Å²) in [5, 5.41) is 0.771. The molecule has 0 saturated carbocycles. The zero-order chi connectivity index (χ0) is 13.9. The van der Waals surface area contributed by atoms with Gasteiger partial charge in [-0.3, -0.25) is 4.79 Å². The van der Waals surface area contributed by atoms with Crippen LogP contribution >= 0.6 is 34.4 Å². The van der Waals surface area contributed by atoms with Crippen LogP contribution < -0.4 is 0 Å². The van der Waals surface area contributed by atoms with E-state index in [9.17, 15) is 4.79 Å². The van der Waals surface area contributed by atoms with Crippen LogP contribution in [0.1, 0.15) is 11.1 Å². The van der Waals surface area contributed by atoms with Crippen molar-refractivity contribution in [3.8, 4) is 0 Å². The van der Waals surface area contributed by atoms with E-state index >= 15 is 0 Å². The van der Waals surface area contributed by atoms with Crippen molar-refractivity contribution in [3.63, 3.8) is 0 Å². The van der Waals surface area contributed by atoms with Gasteiger partial charge in [0.15, 0.2) is 0 Å². The zero-order valence-corrected chi connectivity index (χ0v) is 13.4. The van der Waals surface area contributed by atoms with Crippen molar-refractivity contribution in [1.82, 2.24) is 0 Å². The van der Waals surface area contributed by atoms with Gasteiger partial charge in [-0.1, -0.05) is 54.2 Å². The molecule has 1 heterocycles. The molecule has 2 nitrogen and oxygen atoms in total. The van der Waals surface area contributed by atoms with Crippen molar-refractivity contribution >= 4 is 51.4 Å². The first-order chi connectivity index (χ1) is 9.72. The summed E-state index contributed by atoms with van der Waals surface area (Å²) in [4.78, 5) is 16.8. The van der Waals surface area contributed by atoms with Gasteiger partial charge in [-0.15, -0.1) is 0 Å². The van der Waals surface area contributed by atoms with Gasteiger partial charge in [0.05, 0.1) is 4.91 Å². The van der Waals surface area contributed by atoms with Crippen molar-refractivity contribution in [3.05, 3.63) is 74.2 Å². The Hall–Kier alpha value is -1.40. The third-order valence-corrected chi connectivity index (χ3v) is 4.49. The molecule has 0 aliphatic carbocycles. The standard InChI is InChI=1S/C16H10INOS/c17-13-8-4-5-11(9-13)10-14-15(19)18-16(20-14)12-6-2-1-3-7-12/h1-10H/b14-10+. The number of carbonyl (C=O) groups is 1.